The van der Waals surface area contributed by atoms with Crippen LogP contribution in [0, 0.1) is 5.82 Å². The molecule has 94 valence electrons. The van der Waals surface area contributed by atoms with Gasteiger partial charge in [0, 0.05) is 13.1 Å². The first-order valence-corrected chi connectivity index (χ1v) is 5.96. The number of hydrogen-bond donors (Lipinski definition) is 2. The van der Waals surface area contributed by atoms with E-state index in [1.807, 2.05) is 19.1 Å². The Labute approximate surface area is 106 Å². The van der Waals surface area contributed by atoms with Gasteiger partial charge in [0.2, 0.25) is 0 Å². The van der Waals surface area contributed by atoms with E-state index in [9.17, 15) is 4.39 Å². The lowest BCUT2D eigenvalue weighted by molar-refractivity contribution is 0.627. The van der Waals surface area contributed by atoms with Gasteiger partial charge in [0.05, 0.1) is 11.9 Å². The van der Waals surface area contributed by atoms with E-state index < -0.39 is 0 Å². The summed E-state index contributed by atoms with van der Waals surface area (Å²) in [4.78, 5) is 4.28. The molecule has 0 bridgehead atoms. The van der Waals surface area contributed by atoms with Gasteiger partial charge in [0.1, 0.15) is 11.6 Å². The summed E-state index contributed by atoms with van der Waals surface area (Å²) in [6.45, 7) is 3.55. The number of rotatable bonds is 5. The number of anilines is 2. The molecule has 0 unspecified atom stereocenters. The molecule has 2 rings (SSSR count). The minimum atomic E-state index is -0.216. The largest absolute Gasteiger partial charge is 0.384 e. The molecule has 0 atom stereocenters. The van der Waals surface area contributed by atoms with Crippen LogP contribution in [0.3, 0.4) is 0 Å². The second-order valence-electron chi connectivity index (χ2n) is 3.94. The van der Waals surface area contributed by atoms with Crippen molar-refractivity contribution in [3.05, 3.63) is 54.0 Å². The highest BCUT2D eigenvalue weighted by molar-refractivity contribution is 5.47. The number of nitrogens with one attached hydrogen (secondary N) is 2. The molecule has 18 heavy (non-hydrogen) atoms. The van der Waals surface area contributed by atoms with Gasteiger partial charge in [-0.05, 0) is 36.8 Å². The molecule has 0 radical (unpaired) electrons. The molecule has 0 saturated heterocycles. The van der Waals surface area contributed by atoms with Crippen LogP contribution in [0.25, 0.3) is 0 Å². The van der Waals surface area contributed by atoms with Crippen LogP contribution < -0.4 is 10.6 Å². The summed E-state index contributed by atoms with van der Waals surface area (Å²) in [7, 11) is 0. The van der Waals surface area contributed by atoms with Gasteiger partial charge in [0.25, 0.3) is 0 Å². The van der Waals surface area contributed by atoms with Crippen LogP contribution in [-0.2, 0) is 6.54 Å². The highest BCUT2D eigenvalue weighted by atomic mass is 19.1. The molecule has 0 aliphatic heterocycles. The van der Waals surface area contributed by atoms with Crippen molar-refractivity contribution in [2.75, 3.05) is 17.2 Å². The minimum absolute atomic E-state index is 0.216. The Hall–Kier alpha value is -2.10. The quantitative estimate of drug-likeness (QED) is 0.849. The van der Waals surface area contributed by atoms with E-state index in [2.05, 4.69) is 15.6 Å². The van der Waals surface area contributed by atoms with Crippen molar-refractivity contribution in [1.82, 2.24) is 4.98 Å². The van der Waals surface area contributed by atoms with Crippen molar-refractivity contribution in [3.8, 4) is 0 Å². The Kier molecular flexibility index (Phi) is 4.12. The summed E-state index contributed by atoms with van der Waals surface area (Å²) in [6, 6.07) is 10.3. The van der Waals surface area contributed by atoms with Gasteiger partial charge in [-0.25, -0.2) is 9.37 Å². The predicted octanol–water partition coefficient (Wildman–Crippen LogP) is 3.26. The predicted molar refractivity (Wildman–Crippen MR) is 72.1 cm³/mol. The van der Waals surface area contributed by atoms with E-state index in [-0.39, 0.29) is 5.82 Å². The summed E-state index contributed by atoms with van der Waals surface area (Å²) in [6.07, 6.45) is 1.79. The number of benzene rings is 1. The molecular formula is C14H16FN3. The molecule has 0 spiro atoms. The van der Waals surface area contributed by atoms with Gasteiger partial charge >= 0.3 is 0 Å². The van der Waals surface area contributed by atoms with Crippen molar-refractivity contribution in [2.45, 2.75) is 13.5 Å². The van der Waals surface area contributed by atoms with Gasteiger partial charge in [-0.15, -0.1) is 0 Å². The topological polar surface area (TPSA) is 37.0 Å². The summed E-state index contributed by atoms with van der Waals surface area (Å²) in [5.41, 5.74) is 2.03. The lowest BCUT2D eigenvalue weighted by Crippen LogP contribution is -2.02. The molecule has 1 aromatic heterocycles. The van der Waals surface area contributed by atoms with Gasteiger partial charge in [0.15, 0.2) is 0 Å². The smallest absolute Gasteiger partial charge is 0.126 e. The van der Waals surface area contributed by atoms with Crippen molar-refractivity contribution in [3.63, 3.8) is 0 Å². The third kappa shape index (κ3) is 3.45. The monoisotopic (exact) mass is 245 g/mol. The van der Waals surface area contributed by atoms with Crippen molar-refractivity contribution in [1.29, 1.82) is 0 Å². The molecule has 0 amide bonds. The summed E-state index contributed by atoms with van der Waals surface area (Å²) < 4.78 is 12.7. The Morgan fingerprint density at radius 2 is 1.83 bits per heavy atom. The molecule has 3 nitrogen and oxygen atoms in total. The first-order valence-electron chi connectivity index (χ1n) is 5.96. The second-order valence-corrected chi connectivity index (χ2v) is 3.94. The zero-order valence-corrected chi connectivity index (χ0v) is 10.3. The van der Waals surface area contributed by atoms with Crippen LogP contribution in [-0.4, -0.2) is 11.5 Å². The molecule has 0 saturated carbocycles. The Bertz CT molecular complexity index is 479. The van der Waals surface area contributed by atoms with E-state index >= 15 is 0 Å². The van der Waals surface area contributed by atoms with Crippen LogP contribution in [0.5, 0.6) is 0 Å². The average molecular weight is 245 g/mol. The number of hydrogen-bond acceptors (Lipinski definition) is 3. The molecule has 2 aromatic rings. The SMILES string of the molecule is CCNc1ccc(NCc2ccc(F)cc2)nc1. The summed E-state index contributed by atoms with van der Waals surface area (Å²) >= 11 is 0. The van der Waals surface area contributed by atoms with E-state index in [4.69, 9.17) is 0 Å². The second kappa shape index (κ2) is 6.00. The minimum Gasteiger partial charge on any atom is -0.384 e. The Morgan fingerprint density at radius 1 is 1.06 bits per heavy atom. The lowest BCUT2D eigenvalue weighted by Gasteiger charge is -2.07. The molecule has 4 heteroatoms. The maximum Gasteiger partial charge on any atom is 0.126 e. The number of halogens is 1. The molecule has 1 aromatic carbocycles. The molecule has 0 aliphatic carbocycles. The number of nitrogens with zero attached hydrogens (tertiary/aromatic N) is 1. The van der Waals surface area contributed by atoms with Gasteiger partial charge in [-0.2, -0.15) is 0 Å². The van der Waals surface area contributed by atoms with Crippen LogP contribution in [0.1, 0.15) is 12.5 Å². The van der Waals surface area contributed by atoms with E-state index in [0.717, 1.165) is 23.6 Å². The normalized spacial score (nSPS) is 10.1. The van der Waals surface area contributed by atoms with Crippen molar-refractivity contribution < 1.29 is 4.39 Å². The maximum absolute atomic E-state index is 12.7. The maximum atomic E-state index is 12.7. The third-order valence-electron chi connectivity index (χ3n) is 2.53. The van der Waals surface area contributed by atoms with E-state index in [1.54, 1.807) is 18.3 Å². The molecule has 2 N–H and O–H groups in total. The third-order valence-corrected chi connectivity index (χ3v) is 2.53. The first-order chi connectivity index (χ1) is 8.78. The van der Waals surface area contributed by atoms with Gasteiger partial charge in [-0.1, -0.05) is 12.1 Å². The Balaban J connectivity index is 1.91. The zero-order valence-electron chi connectivity index (χ0n) is 10.3. The summed E-state index contributed by atoms with van der Waals surface area (Å²) in [5, 5.41) is 6.37. The lowest BCUT2D eigenvalue weighted by atomic mass is 10.2. The summed E-state index contributed by atoms with van der Waals surface area (Å²) in [5.74, 6) is 0.591. The van der Waals surface area contributed by atoms with E-state index in [1.165, 1.54) is 12.1 Å². The Morgan fingerprint density at radius 3 is 2.44 bits per heavy atom. The first kappa shape index (κ1) is 12.4. The van der Waals surface area contributed by atoms with Crippen LogP contribution in [0.15, 0.2) is 42.6 Å². The van der Waals surface area contributed by atoms with Gasteiger partial charge < -0.3 is 10.6 Å². The fraction of sp³-hybridized carbons (Fsp3) is 0.214. The molecule has 0 aliphatic rings. The van der Waals surface area contributed by atoms with E-state index in [0.29, 0.717) is 6.54 Å². The van der Waals surface area contributed by atoms with Crippen LogP contribution >= 0.6 is 0 Å². The highest BCUT2D eigenvalue weighted by Crippen LogP contribution is 2.11. The standard InChI is InChI=1S/C14H16FN3/c1-2-16-13-7-8-14(18-10-13)17-9-11-3-5-12(15)6-4-11/h3-8,10,16H,2,9H2,1H3,(H,17,18). The van der Waals surface area contributed by atoms with Crippen molar-refractivity contribution in [2.24, 2.45) is 0 Å². The zero-order chi connectivity index (χ0) is 12.8. The average Bonchev–Trinajstić information content (AvgIpc) is 2.40. The van der Waals surface area contributed by atoms with Gasteiger partial charge in [-0.3, -0.25) is 0 Å². The molecule has 1 heterocycles. The van der Waals surface area contributed by atoms with Crippen LogP contribution in [0.4, 0.5) is 15.9 Å². The number of pyridine rings is 1. The highest BCUT2D eigenvalue weighted by Gasteiger charge is 1.96. The number of aromatic nitrogens is 1. The fourth-order valence-electron chi connectivity index (χ4n) is 1.60. The molecule has 0 fully saturated rings. The van der Waals surface area contributed by atoms with Crippen LogP contribution in [0.2, 0.25) is 0 Å². The molecular weight excluding hydrogens is 229 g/mol. The van der Waals surface area contributed by atoms with Crippen molar-refractivity contribution >= 4 is 11.5 Å². The fourth-order valence-corrected chi connectivity index (χ4v) is 1.60.